The number of hydrogen-bond acceptors (Lipinski definition) is 5. The van der Waals surface area contributed by atoms with Crippen molar-refractivity contribution in [1.29, 1.82) is 0 Å². The van der Waals surface area contributed by atoms with Gasteiger partial charge in [-0.3, -0.25) is 0 Å². The third-order valence-electron chi connectivity index (χ3n) is 2.94. The maximum atomic E-state index is 5.17. The number of nitrogens with zero attached hydrogens (tertiary/aromatic N) is 3. The third kappa shape index (κ3) is 3.32. The van der Waals surface area contributed by atoms with Crippen LogP contribution in [-0.2, 0) is 11.2 Å². The van der Waals surface area contributed by atoms with E-state index in [4.69, 9.17) is 4.74 Å². The van der Waals surface area contributed by atoms with Gasteiger partial charge in [-0.05, 0) is 20.3 Å². The minimum atomic E-state index is 0.380. The Balaban J connectivity index is 3.10. The van der Waals surface area contributed by atoms with Crippen LogP contribution < -0.4 is 10.2 Å². The molecule has 18 heavy (non-hydrogen) atoms. The van der Waals surface area contributed by atoms with Crippen molar-refractivity contribution < 1.29 is 4.74 Å². The molecule has 0 saturated heterocycles. The van der Waals surface area contributed by atoms with Crippen molar-refractivity contribution in [2.24, 2.45) is 0 Å². The maximum absolute atomic E-state index is 5.17. The molecule has 0 aromatic carbocycles. The molecule has 1 aromatic heterocycles. The minimum Gasteiger partial charge on any atom is -0.383 e. The second kappa shape index (κ2) is 7.16. The fourth-order valence-electron chi connectivity index (χ4n) is 1.99. The summed E-state index contributed by atoms with van der Waals surface area (Å²) in [5.41, 5.74) is 1.16. The molecule has 0 atom stereocenters. The molecule has 0 spiro atoms. The number of nitrogens with one attached hydrogen (secondary N) is 1. The maximum Gasteiger partial charge on any atom is 0.137 e. The van der Waals surface area contributed by atoms with Gasteiger partial charge in [-0.15, -0.1) is 0 Å². The molecule has 0 aliphatic heterocycles. The smallest absolute Gasteiger partial charge is 0.137 e. The Kier molecular flexibility index (Phi) is 5.85. The predicted octanol–water partition coefficient (Wildman–Crippen LogP) is 1.94. The summed E-state index contributed by atoms with van der Waals surface area (Å²) < 4.78 is 5.17. The number of hydrogen-bond donors (Lipinski definition) is 1. The number of aromatic nitrogens is 2. The molecule has 0 saturated carbocycles. The van der Waals surface area contributed by atoms with Crippen molar-refractivity contribution >= 4 is 11.6 Å². The Bertz CT molecular complexity index is 368. The summed E-state index contributed by atoms with van der Waals surface area (Å²) in [5, 5.41) is 3.13. The predicted molar refractivity (Wildman–Crippen MR) is 75.3 cm³/mol. The van der Waals surface area contributed by atoms with Gasteiger partial charge in [0, 0.05) is 32.3 Å². The van der Waals surface area contributed by atoms with Gasteiger partial charge in [-0.1, -0.05) is 6.92 Å². The quantitative estimate of drug-likeness (QED) is 0.803. The van der Waals surface area contributed by atoms with E-state index < -0.39 is 0 Å². The Labute approximate surface area is 110 Å². The highest BCUT2D eigenvalue weighted by Gasteiger charge is 2.17. The van der Waals surface area contributed by atoms with E-state index in [-0.39, 0.29) is 0 Å². The van der Waals surface area contributed by atoms with Crippen LogP contribution in [-0.4, -0.2) is 43.3 Å². The summed E-state index contributed by atoms with van der Waals surface area (Å²) in [6, 6.07) is 0.380. The zero-order valence-corrected chi connectivity index (χ0v) is 12.0. The van der Waals surface area contributed by atoms with Crippen LogP contribution in [0.3, 0.4) is 0 Å². The van der Waals surface area contributed by atoms with Gasteiger partial charge in [0.05, 0.1) is 6.61 Å². The first-order valence-corrected chi connectivity index (χ1v) is 6.42. The topological polar surface area (TPSA) is 50.3 Å². The Hall–Kier alpha value is -1.36. The van der Waals surface area contributed by atoms with Crippen LogP contribution in [0, 0.1) is 0 Å². The zero-order valence-electron chi connectivity index (χ0n) is 12.0. The summed E-state index contributed by atoms with van der Waals surface area (Å²) in [4.78, 5) is 11.0. The van der Waals surface area contributed by atoms with Gasteiger partial charge in [-0.25, -0.2) is 9.97 Å². The molecule has 0 bridgehead atoms. The molecule has 1 heterocycles. The zero-order chi connectivity index (χ0) is 13.5. The summed E-state index contributed by atoms with van der Waals surface area (Å²) in [7, 11) is 3.61. The molecule has 5 heteroatoms. The molecule has 0 aliphatic carbocycles. The molecule has 1 rings (SSSR count). The molecule has 0 fully saturated rings. The van der Waals surface area contributed by atoms with Crippen LogP contribution in [0.1, 0.15) is 26.3 Å². The first-order chi connectivity index (χ1) is 8.65. The van der Waals surface area contributed by atoms with Gasteiger partial charge in [-0.2, -0.15) is 0 Å². The average Bonchev–Trinajstić information content (AvgIpc) is 2.38. The fourth-order valence-corrected chi connectivity index (χ4v) is 1.99. The molecule has 1 aromatic rings. The number of anilines is 2. The van der Waals surface area contributed by atoms with Gasteiger partial charge in [0.1, 0.15) is 18.0 Å². The molecule has 0 aliphatic rings. The van der Waals surface area contributed by atoms with E-state index in [1.807, 2.05) is 7.05 Å². The van der Waals surface area contributed by atoms with E-state index in [1.54, 1.807) is 13.4 Å². The second-order valence-corrected chi connectivity index (χ2v) is 4.41. The van der Waals surface area contributed by atoms with Crippen molar-refractivity contribution in [2.75, 3.05) is 37.5 Å². The Morgan fingerprint density at radius 1 is 1.39 bits per heavy atom. The number of methoxy groups -OCH3 is 1. The van der Waals surface area contributed by atoms with Crippen LogP contribution in [0.15, 0.2) is 6.33 Å². The van der Waals surface area contributed by atoms with Crippen LogP contribution in [0.25, 0.3) is 0 Å². The lowest BCUT2D eigenvalue weighted by Crippen LogP contribution is -2.35. The molecule has 0 amide bonds. The molecule has 0 radical (unpaired) electrons. The number of rotatable bonds is 7. The molecule has 5 nitrogen and oxygen atoms in total. The van der Waals surface area contributed by atoms with E-state index >= 15 is 0 Å². The van der Waals surface area contributed by atoms with Crippen molar-refractivity contribution in [3.63, 3.8) is 0 Å². The van der Waals surface area contributed by atoms with E-state index in [0.29, 0.717) is 12.6 Å². The largest absolute Gasteiger partial charge is 0.383 e. The van der Waals surface area contributed by atoms with E-state index in [0.717, 1.165) is 30.2 Å². The third-order valence-corrected chi connectivity index (χ3v) is 2.94. The first kappa shape index (κ1) is 14.7. The summed E-state index contributed by atoms with van der Waals surface area (Å²) in [6.07, 6.45) is 2.52. The van der Waals surface area contributed by atoms with Crippen molar-refractivity contribution in [1.82, 2.24) is 9.97 Å². The average molecular weight is 252 g/mol. The Morgan fingerprint density at radius 3 is 2.61 bits per heavy atom. The highest BCUT2D eigenvalue weighted by Crippen LogP contribution is 2.25. The second-order valence-electron chi connectivity index (χ2n) is 4.41. The van der Waals surface area contributed by atoms with Gasteiger partial charge >= 0.3 is 0 Å². The molecule has 1 N–H and O–H groups in total. The monoisotopic (exact) mass is 252 g/mol. The fraction of sp³-hybridized carbons (Fsp3) is 0.692. The number of ether oxygens (including phenoxy) is 1. The van der Waals surface area contributed by atoms with Gasteiger partial charge in [0.2, 0.25) is 0 Å². The molecule has 102 valence electrons. The summed E-state index contributed by atoms with van der Waals surface area (Å²) >= 11 is 0. The minimum absolute atomic E-state index is 0.380. The lowest BCUT2D eigenvalue weighted by atomic mass is 10.2. The van der Waals surface area contributed by atoms with Gasteiger partial charge < -0.3 is 15.0 Å². The van der Waals surface area contributed by atoms with Crippen molar-refractivity contribution in [3.05, 3.63) is 11.9 Å². The van der Waals surface area contributed by atoms with Crippen LogP contribution in [0.2, 0.25) is 0 Å². The lowest BCUT2D eigenvalue weighted by molar-refractivity contribution is 0.203. The van der Waals surface area contributed by atoms with Crippen molar-refractivity contribution in [3.8, 4) is 0 Å². The van der Waals surface area contributed by atoms with Gasteiger partial charge in [0.25, 0.3) is 0 Å². The Morgan fingerprint density at radius 2 is 2.11 bits per heavy atom. The normalized spacial score (nSPS) is 10.8. The molecule has 0 unspecified atom stereocenters. The highest BCUT2D eigenvalue weighted by atomic mass is 16.5. The standard InChI is InChI=1S/C13H24N4O/c1-6-11-12(14-4)15-9-16-13(11)17(10(2)3)7-8-18-5/h9-10H,6-8H2,1-5H3,(H,14,15,16). The van der Waals surface area contributed by atoms with Gasteiger partial charge in [0.15, 0.2) is 0 Å². The van der Waals surface area contributed by atoms with Crippen molar-refractivity contribution in [2.45, 2.75) is 33.2 Å². The summed E-state index contributed by atoms with van der Waals surface area (Å²) in [6.45, 7) is 7.98. The van der Waals surface area contributed by atoms with E-state index in [2.05, 4.69) is 41.0 Å². The molecular formula is C13H24N4O. The highest BCUT2D eigenvalue weighted by molar-refractivity contribution is 5.58. The van der Waals surface area contributed by atoms with Crippen LogP contribution in [0.4, 0.5) is 11.6 Å². The lowest BCUT2D eigenvalue weighted by Gasteiger charge is -2.29. The first-order valence-electron chi connectivity index (χ1n) is 6.42. The van der Waals surface area contributed by atoms with Crippen LogP contribution in [0.5, 0.6) is 0 Å². The SMILES string of the molecule is CCc1c(NC)ncnc1N(CCOC)C(C)C. The van der Waals surface area contributed by atoms with E-state index in [9.17, 15) is 0 Å². The molecular weight excluding hydrogens is 228 g/mol. The van der Waals surface area contributed by atoms with E-state index in [1.165, 1.54) is 0 Å². The van der Waals surface area contributed by atoms with Crippen LogP contribution >= 0.6 is 0 Å². The summed E-state index contributed by atoms with van der Waals surface area (Å²) in [5.74, 6) is 1.91.